The Morgan fingerprint density at radius 2 is 0.839 bits per heavy atom. The van der Waals surface area contributed by atoms with Gasteiger partial charge in [-0.15, -0.1) is 23.5 Å². The minimum absolute atomic E-state index is 1.10. The fourth-order valence-corrected chi connectivity index (χ4v) is 8.17. The van der Waals surface area contributed by atoms with Crippen molar-refractivity contribution in [1.82, 2.24) is 0 Å². The number of benzene rings is 2. The van der Waals surface area contributed by atoms with Gasteiger partial charge in [0.2, 0.25) is 0 Å². The Hall–Kier alpha value is -0.510. The quantitative estimate of drug-likeness (QED) is 0.281. The Labute approximate surface area is 205 Å². The van der Waals surface area contributed by atoms with Crippen molar-refractivity contribution in [2.45, 2.75) is 113 Å². The minimum Gasteiger partial charge on any atom is -0.126 e. The molecule has 0 unspecified atom stereocenters. The van der Waals surface area contributed by atoms with Gasteiger partial charge in [-0.1, -0.05) is 67.2 Å². The van der Waals surface area contributed by atoms with Crippen LogP contribution in [0, 0.1) is 0 Å². The maximum absolute atomic E-state index is 2.51. The van der Waals surface area contributed by atoms with Crippen LogP contribution in [0.2, 0.25) is 0 Å². The van der Waals surface area contributed by atoms with E-state index in [2.05, 4.69) is 79.3 Å². The van der Waals surface area contributed by atoms with Gasteiger partial charge in [0, 0.05) is 19.6 Å². The van der Waals surface area contributed by atoms with Gasteiger partial charge in [0.15, 0.2) is 0 Å². The van der Waals surface area contributed by atoms with Crippen molar-refractivity contribution < 1.29 is 0 Å². The van der Waals surface area contributed by atoms with Gasteiger partial charge in [-0.2, -0.15) is 0 Å². The summed E-state index contributed by atoms with van der Waals surface area (Å²) < 4.78 is 0. The fraction of sp³-hybridized carbons (Fsp3) is 0.571. The van der Waals surface area contributed by atoms with Crippen LogP contribution in [0.3, 0.4) is 0 Å². The molecule has 0 heterocycles. The van der Waals surface area contributed by atoms with Crippen LogP contribution in [0.25, 0.3) is 0 Å². The van der Waals surface area contributed by atoms with Crippen LogP contribution in [0.15, 0.2) is 31.7 Å². The van der Waals surface area contributed by atoms with Crippen LogP contribution < -0.4 is 0 Å². The minimum atomic E-state index is 1.10. The van der Waals surface area contributed by atoms with Crippen molar-refractivity contribution in [2.75, 3.05) is 11.5 Å². The summed E-state index contributed by atoms with van der Waals surface area (Å²) in [6.45, 7) is 18.5. The van der Waals surface area contributed by atoms with Crippen molar-refractivity contribution >= 4 is 35.3 Å². The molecule has 0 amide bonds. The van der Waals surface area contributed by atoms with E-state index in [4.69, 9.17) is 0 Å². The van der Waals surface area contributed by atoms with Crippen molar-refractivity contribution in [2.24, 2.45) is 0 Å². The Balaban J connectivity index is 2.77. The van der Waals surface area contributed by atoms with E-state index in [-0.39, 0.29) is 0 Å². The molecule has 0 saturated carbocycles. The van der Waals surface area contributed by atoms with Gasteiger partial charge in [0.25, 0.3) is 0 Å². The molecule has 0 fully saturated rings. The monoisotopic (exact) mass is 474 g/mol. The van der Waals surface area contributed by atoms with Gasteiger partial charge in [0.1, 0.15) is 0 Å². The van der Waals surface area contributed by atoms with Crippen LogP contribution >= 0.6 is 35.3 Å². The second kappa shape index (κ2) is 13.3. The summed E-state index contributed by atoms with van der Waals surface area (Å²) in [4.78, 5) is 6.12. The first kappa shape index (κ1) is 26.7. The number of aryl methyl sites for hydroxylation is 2. The van der Waals surface area contributed by atoms with Gasteiger partial charge in [0.05, 0.1) is 0 Å². The summed E-state index contributed by atoms with van der Waals surface area (Å²) in [7, 11) is 0. The zero-order chi connectivity index (χ0) is 23.0. The molecule has 0 radical (unpaired) electrons. The van der Waals surface area contributed by atoms with Crippen molar-refractivity contribution in [3.8, 4) is 0 Å². The molecule has 0 aliphatic carbocycles. The zero-order valence-electron chi connectivity index (χ0n) is 21.0. The molecule has 0 N–H and O–H groups in total. The van der Waals surface area contributed by atoms with E-state index in [1.165, 1.54) is 20.9 Å². The average Bonchev–Trinajstić information content (AvgIpc) is 2.79. The molecule has 0 aromatic heterocycles. The number of rotatable bonds is 12. The molecule has 172 valence electrons. The van der Waals surface area contributed by atoms with Crippen LogP contribution in [-0.2, 0) is 38.5 Å². The third-order valence-corrected chi connectivity index (χ3v) is 9.40. The molecule has 3 heteroatoms. The van der Waals surface area contributed by atoms with Gasteiger partial charge < -0.3 is 0 Å². The molecule has 0 nitrogen and oxygen atoms in total. The SMILES string of the molecule is CCSc1cc(CC)c(Sc2c(CC)cc(SCC)c(CC)c2CC)c(CC)c1CC. The van der Waals surface area contributed by atoms with Crippen molar-refractivity contribution in [3.63, 3.8) is 0 Å². The summed E-state index contributed by atoms with van der Waals surface area (Å²) >= 11 is 6.12. The smallest absolute Gasteiger partial charge is 0.0189 e. The first-order valence-corrected chi connectivity index (χ1v) is 15.1. The molecule has 2 aromatic carbocycles. The predicted molar refractivity (Wildman–Crippen MR) is 146 cm³/mol. The van der Waals surface area contributed by atoms with Gasteiger partial charge >= 0.3 is 0 Å². The maximum atomic E-state index is 2.51. The van der Waals surface area contributed by atoms with Gasteiger partial charge in [-0.25, -0.2) is 0 Å². The number of thioether (sulfide) groups is 2. The van der Waals surface area contributed by atoms with E-state index in [9.17, 15) is 0 Å². The first-order valence-electron chi connectivity index (χ1n) is 12.3. The third kappa shape index (κ3) is 5.89. The van der Waals surface area contributed by atoms with Crippen molar-refractivity contribution in [3.05, 3.63) is 45.5 Å². The van der Waals surface area contributed by atoms with Gasteiger partial charge in [-0.3, -0.25) is 0 Å². The molecule has 2 rings (SSSR count). The highest BCUT2D eigenvalue weighted by atomic mass is 32.2. The summed E-state index contributed by atoms with van der Waals surface area (Å²) in [5.41, 5.74) is 9.42. The molecular formula is C28H42S3. The molecule has 0 bridgehead atoms. The third-order valence-electron chi connectivity index (χ3n) is 6.05. The van der Waals surface area contributed by atoms with E-state index >= 15 is 0 Å². The normalized spacial score (nSPS) is 11.4. The van der Waals surface area contributed by atoms with E-state index in [1.807, 2.05) is 23.5 Å². The molecule has 31 heavy (non-hydrogen) atoms. The molecule has 0 atom stereocenters. The van der Waals surface area contributed by atoms with Crippen LogP contribution in [-0.4, -0.2) is 11.5 Å². The summed E-state index contributed by atoms with van der Waals surface area (Å²) in [5, 5.41) is 0. The highest BCUT2D eigenvalue weighted by Crippen LogP contribution is 2.45. The topological polar surface area (TPSA) is 0 Å². The lowest BCUT2D eigenvalue weighted by molar-refractivity contribution is 0.909. The zero-order valence-corrected chi connectivity index (χ0v) is 23.5. The lowest BCUT2D eigenvalue weighted by Gasteiger charge is -2.24. The largest absolute Gasteiger partial charge is 0.126 e. The van der Waals surface area contributed by atoms with Gasteiger partial charge in [-0.05, 0) is 95.5 Å². The Kier molecular flexibility index (Phi) is 11.4. The first-order chi connectivity index (χ1) is 15.0. The standard InChI is InChI=1S/C28H42S3/c1-9-19-17-25(29-15-7)21(11-3)23(13-5)27(19)31-28-20(10-2)18-26(30-16-8)22(12-4)24(28)14-6/h17-18H,9-16H2,1-8H3. The molecule has 2 aromatic rings. The molecule has 0 spiro atoms. The number of hydrogen-bond acceptors (Lipinski definition) is 3. The Morgan fingerprint density at radius 1 is 0.484 bits per heavy atom. The van der Waals surface area contributed by atoms with Crippen LogP contribution in [0.1, 0.15) is 88.8 Å². The molecule has 0 aliphatic rings. The lowest BCUT2D eigenvalue weighted by Crippen LogP contribution is -2.05. The average molecular weight is 475 g/mol. The summed E-state index contributed by atoms with van der Waals surface area (Å²) in [6.07, 6.45) is 6.68. The van der Waals surface area contributed by atoms with E-state index in [1.54, 1.807) is 32.0 Å². The second-order valence-corrected chi connectivity index (χ2v) is 11.4. The maximum Gasteiger partial charge on any atom is 0.0189 e. The van der Waals surface area contributed by atoms with Crippen molar-refractivity contribution in [1.29, 1.82) is 0 Å². The van der Waals surface area contributed by atoms with Crippen LogP contribution in [0.5, 0.6) is 0 Å². The van der Waals surface area contributed by atoms with Crippen LogP contribution in [0.4, 0.5) is 0 Å². The fourth-order valence-electron chi connectivity index (χ4n) is 4.55. The summed E-state index contributed by atoms with van der Waals surface area (Å²) in [5.74, 6) is 2.28. The highest BCUT2D eigenvalue weighted by molar-refractivity contribution is 8.00. The van der Waals surface area contributed by atoms with E-state index in [0.29, 0.717) is 0 Å². The van der Waals surface area contributed by atoms with E-state index < -0.39 is 0 Å². The Bertz CT molecular complexity index is 796. The lowest BCUT2D eigenvalue weighted by atomic mass is 9.98. The number of hydrogen-bond donors (Lipinski definition) is 0. The predicted octanol–water partition coefficient (Wildman–Crippen LogP) is 9.44. The summed E-state index contributed by atoms with van der Waals surface area (Å²) in [6, 6.07) is 5.02. The molecule has 0 aliphatic heterocycles. The Morgan fingerprint density at radius 3 is 1.10 bits per heavy atom. The molecule has 0 saturated heterocycles. The van der Waals surface area contributed by atoms with E-state index in [0.717, 1.165) is 50.0 Å². The molecular weight excluding hydrogens is 433 g/mol. The highest BCUT2D eigenvalue weighted by Gasteiger charge is 2.21. The second-order valence-electron chi connectivity index (χ2n) is 7.73.